The topological polar surface area (TPSA) is 69.6 Å². The maximum atomic E-state index is 5.83. The number of benzene rings is 1. The Balaban J connectivity index is 2.54. The first-order valence-corrected chi connectivity index (χ1v) is 4.44. The van der Waals surface area contributed by atoms with E-state index in [1.165, 1.54) is 0 Å². The Morgan fingerprint density at radius 3 is 2.86 bits per heavy atom. The van der Waals surface area contributed by atoms with Gasteiger partial charge in [0.2, 0.25) is 0 Å². The number of nitrogens with two attached hydrogens (primary N) is 1. The summed E-state index contributed by atoms with van der Waals surface area (Å²) in [5.41, 5.74) is 7.39. The van der Waals surface area contributed by atoms with Crippen molar-refractivity contribution >= 4 is 5.69 Å². The summed E-state index contributed by atoms with van der Waals surface area (Å²) in [6.07, 6.45) is 0. The second-order valence-corrected chi connectivity index (χ2v) is 2.91. The average Bonchev–Trinajstić information content (AvgIpc) is 2.66. The molecule has 0 radical (unpaired) electrons. The molecule has 0 bridgehead atoms. The minimum Gasteiger partial charge on any atom is -0.398 e. The van der Waals surface area contributed by atoms with Crippen LogP contribution in [0.15, 0.2) is 24.3 Å². The maximum Gasteiger partial charge on any atom is 0.184 e. The molecule has 0 unspecified atom stereocenters. The minimum absolute atomic E-state index is 0.692. The van der Waals surface area contributed by atoms with Crippen molar-refractivity contribution in [1.29, 1.82) is 0 Å². The predicted molar refractivity (Wildman–Crippen MR) is 53.3 cm³/mol. The maximum absolute atomic E-state index is 5.83. The van der Waals surface area contributed by atoms with Crippen molar-refractivity contribution in [1.82, 2.24) is 20.2 Å². The van der Waals surface area contributed by atoms with E-state index >= 15 is 0 Å². The van der Waals surface area contributed by atoms with Crippen molar-refractivity contribution in [2.45, 2.75) is 13.5 Å². The number of tetrazole rings is 1. The number of nitrogen functional groups attached to an aromatic ring is 1. The Hall–Kier alpha value is -1.91. The third-order valence-corrected chi connectivity index (χ3v) is 2.03. The molecule has 0 aliphatic carbocycles. The van der Waals surface area contributed by atoms with E-state index in [0.29, 0.717) is 11.5 Å². The van der Waals surface area contributed by atoms with E-state index in [2.05, 4.69) is 15.5 Å². The van der Waals surface area contributed by atoms with Gasteiger partial charge >= 0.3 is 0 Å². The van der Waals surface area contributed by atoms with Crippen molar-refractivity contribution in [2.75, 3.05) is 5.73 Å². The molecule has 0 saturated carbocycles. The quantitative estimate of drug-likeness (QED) is 0.714. The van der Waals surface area contributed by atoms with Crippen LogP contribution in [-0.4, -0.2) is 20.2 Å². The summed E-state index contributed by atoms with van der Waals surface area (Å²) in [7, 11) is 0. The van der Waals surface area contributed by atoms with Gasteiger partial charge in [-0.15, -0.1) is 5.10 Å². The van der Waals surface area contributed by atoms with Gasteiger partial charge in [0.1, 0.15) is 0 Å². The van der Waals surface area contributed by atoms with Crippen LogP contribution < -0.4 is 5.73 Å². The third kappa shape index (κ3) is 1.32. The molecule has 72 valence electrons. The Kier molecular flexibility index (Phi) is 2.14. The van der Waals surface area contributed by atoms with Crippen LogP contribution >= 0.6 is 0 Å². The van der Waals surface area contributed by atoms with Gasteiger partial charge in [-0.3, -0.25) is 0 Å². The van der Waals surface area contributed by atoms with E-state index in [0.717, 1.165) is 12.1 Å². The van der Waals surface area contributed by atoms with Crippen molar-refractivity contribution in [3.63, 3.8) is 0 Å². The second kappa shape index (κ2) is 3.45. The van der Waals surface area contributed by atoms with E-state index < -0.39 is 0 Å². The second-order valence-electron chi connectivity index (χ2n) is 2.91. The fourth-order valence-electron chi connectivity index (χ4n) is 1.31. The molecule has 1 aromatic carbocycles. The average molecular weight is 189 g/mol. The lowest BCUT2D eigenvalue weighted by molar-refractivity contribution is 0.631. The highest BCUT2D eigenvalue weighted by Crippen LogP contribution is 2.22. The smallest absolute Gasteiger partial charge is 0.184 e. The third-order valence-electron chi connectivity index (χ3n) is 2.03. The van der Waals surface area contributed by atoms with Gasteiger partial charge in [0.05, 0.1) is 0 Å². The molecule has 1 aromatic heterocycles. The molecule has 2 N–H and O–H groups in total. The zero-order valence-electron chi connectivity index (χ0n) is 7.88. The van der Waals surface area contributed by atoms with Gasteiger partial charge < -0.3 is 5.73 Å². The molecule has 1 heterocycles. The van der Waals surface area contributed by atoms with Crippen LogP contribution in [0.1, 0.15) is 6.92 Å². The molecule has 14 heavy (non-hydrogen) atoms. The fourth-order valence-corrected chi connectivity index (χ4v) is 1.31. The van der Waals surface area contributed by atoms with Crippen molar-refractivity contribution in [3.05, 3.63) is 24.3 Å². The summed E-state index contributed by atoms with van der Waals surface area (Å²) in [6.45, 7) is 2.72. The SMILES string of the molecule is CCn1nnnc1-c1ccccc1N. The lowest BCUT2D eigenvalue weighted by atomic mass is 10.2. The highest BCUT2D eigenvalue weighted by molar-refractivity contribution is 5.70. The van der Waals surface area contributed by atoms with Crippen LogP contribution in [0.25, 0.3) is 11.4 Å². The highest BCUT2D eigenvalue weighted by Gasteiger charge is 2.09. The van der Waals surface area contributed by atoms with Gasteiger partial charge in [-0.05, 0) is 29.5 Å². The molecule has 0 spiro atoms. The van der Waals surface area contributed by atoms with Crippen molar-refractivity contribution in [3.8, 4) is 11.4 Å². The van der Waals surface area contributed by atoms with Gasteiger partial charge in [0.15, 0.2) is 5.82 Å². The fraction of sp³-hybridized carbons (Fsp3) is 0.222. The molecule has 2 aromatic rings. The number of nitrogens with zero attached hydrogens (tertiary/aromatic N) is 4. The Labute approximate surface area is 81.5 Å². The van der Waals surface area contributed by atoms with E-state index in [9.17, 15) is 0 Å². The van der Waals surface area contributed by atoms with Crippen LogP contribution in [0.3, 0.4) is 0 Å². The number of hydrogen-bond acceptors (Lipinski definition) is 4. The van der Waals surface area contributed by atoms with Crippen LogP contribution in [0.4, 0.5) is 5.69 Å². The molecule has 0 aliphatic heterocycles. The molecule has 5 heteroatoms. The Morgan fingerprint density at radius 1 is 1.36 bits per heavy atom. The first kappa shape index (κ1) is 8.68. The largest absolute Gasteiger partial charge is 0.398 e. The van der Waals surface area contributed by atoms with Gasteiger partial charge in [0.25, 0.3) is 0 Å². The molecule has 0 amide bonds. The molecular weight excluding hydrogens is 178 g/mol. The standard InChI is InChI=1S/C9H11N5/c1-2-14-9(11-12-13-14)7-5-3-4-6-8(7)10/h3-6H,2,10H2,1H3. The normalized spacial score (nSPS) is 10.4. The van der Waals surface area contributed by atoms with E-state index in [1.54, 1.807) is 4.68 Å². The summed E-state index contributed by atoms with van der Waals surface area (Å²) >= 11 is 0. The molecule has 0 aliphatic rings. The molecular formula is C9H11N5. The van der Waals surface area contributed by atoms with Crippen LogP contribution in [-0.2, 0) is 6.54 Å². The summed E-state index contributed by atoms with van der Waals surface area (Å²) in [5.74, 6) is 0.714. The van der Waals surface area contributed by atoms with Gasteiger partial charge in [-0.1, -0.05) is 12.1 Å². The summed E-state index contributed by atoms with van der Waals surface area (Å²) in [4.78, 5) is 0. The number of aryl methyl sites for hydroxylation is 1. The summed E-state index contributed by atoms with van der Waals surface area (Å²) < 4.78 is 1.71. The monoisotopic (exact) mass is 189 g/mol. The Morgan fingerprint density at radius 2 is 2.14 bits per heavy atom. The predicted octanol–water partition coefficient (Wildman–Crippen LogP) is 0.942. The number of anilines is 1. The van der Waals surface area contributed by atoms with Crippen molar-refractivity contribution in [2.24, 2.45) is 0 Å². The minimum atomic E-state index is 0.692. The molecule has 0 atom stereocenters. The zero-order valence-corrected chi connectivity index (χ0v) is 7.88. The van der Waals surface area contributed by atoms with Gasteiger partial charge in [0, 0.05) is 17.8 Å². The first-order chi connectivity index (χ1) is 6.83. The highest BCUT2D eigenvalue weighted by atomic mass is 15.5. The van der Waals surface area contributed by atoms with E-state index in [1.807, 2.05) is 31.2 Å². The van der Waals surface area contributed by atoms with Crippen LogP contribution in [0.5, 0.6) is 0 Å². The van der Waals surface area contributed by atoms with Crippen LogP contribution in [0.2, 0.25) is 0 Å². The molecule has 0 fully saturated rings. The van der Waals surface area contributed by atoms with E-state index in [-0.39, 0.29) is 0 Å². The summed E-state index contributed by atoms with van der Waals surface area (Å²) in [5, 5.41) is 11.4. The molecule has 0 saturated heterocycles. The van der Waals surface area contributed by atoms with Crippen molar-refractivity contribution < 1.29 is 0 Å². The van der Waals surface area contributed by atoms with Gasteiger partial charge in [-0.25, -0.2) is 4.68 Å². The first-order valence-electron chi connectivity index (χ1n) is 4.44. The molecule has 5 nitrogen and oxygen atoms in total. The van der Waals surface area contributed by atoms with E-state index in [4.69, 9.17) is 5.73 Å². The number of para-hydroxylation sites is 1. The van der Waals surface area contributed by atoms with Crippen LogP contribution in [0, 0.1) is 0 Å². The zero-order chi connectivity index (χ0) is 9.97. The number of hydrogen-bond donors (Lipinski definition) is 1. The lowest BCUT2D eigenvalue weighted by Gasteiger charge is -2.03. The van der Waals surface area contributed by atoms with Gasteiger partial charge in [-0.2, -0.15) is 0 Å². The molecule has 2 rings (SSSR count). The lowest BCUT2D eigenvalue weighted by Crippen LogP contribution is -2.01. The number of rotatable bonds is 2. The summed E-state index contributed by atoms with van der Waals surface area (Å²) in [6, 6.07) is 7.55. The Bertz CT molecular complexity index is 434. The number of aromatic nitrogens is 4.